The second kappa shape index (κ2) is 4.92. The summed E-state index contributed by atoms with van der Waals surface area (Å²) in [5.74, 6) is -1.83. The topological polar surface area (TPSA) is 123 Å². The number of carboxylic acids is 1. The zero-order chi connectivity index (χ0) is 14.0. The fourth-order valence-electron chi connectivity index (χ4n) is 1.71. The van der Waals surface area contributed by atoms with E-state index in [4.69, 9.17) is 4.42 Å². The predicted molar refractivity (Wildman–Crippen MR) is 65.1 cm³/mol. The van der Waals surface area contributed by atoms with Crippen LogP contribution in [0.5, 0.6) is 0 Å². The van der Waals surface area contributed by atoms with Crippen molar-refractivity contribution in [3.05, 3.63) is 28.0 Å². The van der Waals surface area contributed by atoms with Gasteiger partial charge in [-0.2, -0.15) is 11.8 Å². The van der Waals surface area contributed by atoms with E-state index < -0.39 is 28.2 Å². The van der Waals surface area contributed by atoms with Crippen LogP contribution in [-0.4, -0.2) is 39.0 Å². The summed E-state index contributed by atoms with van der Waals surface area (Å²) >= 11 is 1.42. The van der Waals surface area contributed by atoms with Crippen LogP contribution in [0.4, 0.5) is 5.88 Å². The minimum Gasteiger partial charge on any atom is -0.479 e. The van der Waals surface area contributed by atoms with E-state index in [0.29, 0.717) is 12.2 Å². The fourth-order valence-corrected chi connectivity index (χ4v) is 3.04. The molecule has 0 radical (unpaired) electrons. The third-order valence-corrected chi connectivity index (χ3v) is 3.97. The monoisotopic (exact) mass is 286 g/mol. The van der Waals surface area contributed by atoms with Gasteiger partial charge in [0.15, 0.2) is 5.76 Å². The van der Waals surface area contributed by atoms with Gasteiger partial charge in [0.2, 0.25) is 0 Å². The third kappa shape index (κ3) is 2.55. The van der Waals surface area contributed by atoms with Gasteiger partial charge in [-0.25, -0.2) is 4.79 Å². The van der Waals surface area contributed by atoms with Gasteiger partial charge in [-0.3, -0.25) is 14.9 Å². The van der Waals surface area contributed by atoms with Crippen LogP contribution < -0.4 is 5.32 Å². The van der Waals surface area contributed by atoms with Gasteiger partial charge in [-0.15, -0.1) is 0 Å². The number of carboxylic acid groups (broad SMARTS) is 1. The molecule has 1 atom stereocenters. The minimum absolute atomic E-state index is 0.261. The van der Waals surface area contributed by atoms with Crippen LogP contribution >= 0.6 is 11.8 Å². The van der Waals surface area contributed by atoms with Crippen LogP contribution in [0.1, 0.15) is 17.0 Å². The molecule has 1 aliphatic heterocycles. The van der Waals surface area contributed by atoms with Crippen molar-refractivity contribution in [3.8, 4) is 0 Å². The van der Waals surface area contributed by atoms with E-state index in [1.807, 2.05) is 0 Å². The zero-order valence-corrected chi connectivity index (χ0v) is 10.4. The van der Waals surface area contributed by atoms with Crippen LogP contribution in [0, 0.1) is 10.1 Å². The second-order valence-electron chi connectivity index (χ2n) is 4.04. The Morgan fingerprint density at radius 3 is 2.74 bits per heavy atom. The van der Waals surface area contributed by atoms with Crippen molar-refractivity contribution in [3.63, 3.8) is 0 Å². The Hall–Kier alpha value is -2.03. The molecular weight excluding hydrogens is 276 g/mol. The summed E-state index contributed by atoms with van der Waals surface area (Å²) in [6, 6.07) is 2.19. The lowest BCUT2D eigenvalue weighted by Crippen LogP contribution is -2.54. The first-order valence-corrected chi connectivity index (χ1v) is 6.48. The molecule has 0 aliphatic carbocycles. The maximum absolute atomic E-state index is 11.8. The van der Waals surface area contributed by atoms with Crippen LogP contribution in [0.25, 0.3) is 0 Å². The van der Waals surface area contributed by atoms with Crippen molar-refractivity contribution in [2.24, 2.45) is 0 Å². The number of amides is 1. The molecule has 0 aromatic carbocycles. The fraction of sp³-hybridized carbons (Fsp3) is 0.400. The van der Waals surface area contributed by atoms with Gasteiger partial charge in [-0.05, 0) is 18.2 Å². The molecule has 1 aliphatic rings. The summed E-state index contributed by atoms with van der Waals surface area (Å²) < 4.78 is 4.73. The SMILES string of the molecule is O=C(NC1(C(=O)O)CCSC1)c1ccc([N+](=O)[O-])o1. The lowest BCUT2D eigenvalue weighted by Gasteiger charge is -2.23. The number of hydrogen-bond donors (Lipinski definition) is 2. The number of aliphatic carboxylic acids is 1. The highest BCUT2D eigenvalue weighted by atomic mass is 32.2. The van der Waals surface area contributed by atoms with Crippen LogP contribution in [0.2, 0.25) is 0 Å². The Morgan fingerprint density at radius 1 is 1.53 bits per heavy atom. The summed E-state index contributed by atoms with van der Waals surface area (Å²) in [5.41, 5.74) is -1.33. The molecule has 1 aromatic heterocycles. The first-order chi connectivity index (χ1) is 8.94. The molecule has 102 valence electrons. The summed E-state index contributed by atoms with van der Waals surface area (Å²) in [5, 5.41) is 22.0. The number of thioether (sulfide) groups is 1. The van der Waals surface area contributed by atoms with Crippen LogP contribution in [-0.2, 0) is 4.79 Å². The molecule has 9 heteroatoms. The highest BCUT2D eigenvalue weighted by Crippen LogP contribution is 2.29. The van der Waals surface area contributed by atoms with Crippen molar-refractivity contribution in [1.29, 1.82) is 0 Å². The third-order valence-electron chi connectivity index (χ3n) is 2.78. The number of hydrogen-bond acceptors (Lipinski definition) is 6. The average molecular weight is 286 g/mol. The first-order valence-electron chi connectivity index (χ1n) is 5.32. The van der Waals surface area contributed by atoms with Crippen LogP contribution in [0.15, 0.2) is 16.5 Å². The van der Waals surface area contributed by atoms with Gasteiger partial charge in [-0.1, -0.05) is 0 Å². The molecule has 1 saturated heterocycles. The molecule has 1 unspecified atom stereocenters. The second-order valence-corrected chi connectivity index (χ2v) is 5.14. The Balaban J connectivity index is 2.15. The predicted octanol–water partition coefficient (Wildman–Crippen LogP) is 0.878. The standard InChI is InChI=1S/C10H10N2O6S/c13-8(6-1-2-7(18-6)12(16)17)11-10(9(14)15)3-4-19-5-10/h1-2H,3-5H2,(H,11,13)(H,14,15). The lowest BCUT2D eigenvalue weighted by atomic mass is 9.99. The largest absolute Gasteiger partial charge is 0.479 e. The molecule has 0 spiro atoms. The molecule has 1 amide bonds. The lowest BCUT2D eigenvalue weighted by molar-refractivity contribution is -0.402. The van der Waals surface area contributed by atoms with Gasteiger partial charge < -0.3 is 14.8 Å². The van der Waals surface area contributed by atoms with Crippen molar-refractivity contribution in [2.75, 3.05) is 11.5 Å². The molecular formula is C10H10N2O6S. The van der Waals surface area contributed by atoms with E-state index in [-0.39, 0.29) is 11.5 Å². The molecule has 1 aromatic rings. The van der Waals surface area contributed by atoms with Crippen LogP contribution in [0.3, 0.4) is 0 Å². The van der Waals surface area contributed by atoms with E-state index in [9.17, 15) is 24.8 Å². The maximum Gasteiger partial charge on any atom is 0.433 e. The minimum atomic E-state index is -1.33. The zero-order valence-electron chi connectivity index (χ0n) is 9.62. The number of nitrogens with zero attached hydrogens (tertiary/aromatic N) is 1. The average Bonchev–Trinajstić information content (AvgIpc) is 2.97. The Labute approximate surface area is 111 Å². The van der Waals surface area contributed by atoms with Crippen molar-refractivity contribution >= 4 is 29.5 Å². The molecule has 0 saturated carbocycles. The smallest absolute Gasteiger partial charge is 0.433 e. The van der Waals surface area contributed by atoms with Gasteiger partial charge in [0, 0.05) is 5.75 Å². The summed E-state index contributed by atoms with van der Waals surface area (Å²) in [6.07, 6.45) is 0.307. The number of nitrogens with one attached hydrogen (secondary N) is 1. The van der Waals surface area contributed by atoms with E-state index in [1.165, 1.54) is 11.8 Å². The van der Waals surface area contributed by atoms with Crippen molar-refractivity contribution in [1.82, 2.24) is 5.32 Å². The van der Waals surface area contributed by atoms with Gasteiger partial charge in [0.25, 0.3) is 5.91 Å². The number of rotatable bonds is 4. The molecule has 8 nitrogen and oxygen atoms in total. The van der Waals surface area contributed by atoms with Crippen molar-refractivity contribution in [2.45, 2.75) is 12.0 Å². The van der Waals surface area contributed by atoms with E-state index in [0.717, 1.165) is 12.1 Å². The molecule has 1 fully saturated rings. The molecule has 2 heterocycles. The number of furan rings is 1. The molecule has 2 rings (SSSR count). The Bertz CT molecular complexity index is 534. The number of nitro groups is 1. The molecule has 2 N–H and O–H groups in total. The molecule has 0 bridgehead atoms. The van der Waals surface area contributed by atoms with E-state index in [1.54, 1.807) is 0 Å². The van der Waals surface area contributed by atoms with Gasteiger partial charge in [0.05, 0.1) is 6.07 Å². The number of carbonyl (C=O) groups excluding carboxylic acids is 1. The van der Waals surface area contributed by atoms with Gasteiger partial charge in [0.1, 0.15) is 10.5 Å². The summed E-state index contributed by atoms with van der Waals surface area (Å²) in [6.45, 7) is 0. The summed E-state index contributed by atoms with van der Waals surface area (Å²) in [7, 11) is 0. The highest BCUT2D eigenvalue weighted by Gasteiger charge is 2.43. The molecule has 19 heavy (non-hydrogen) atoms. The van der Waals surface area contributed by atoms with Gasteiger partial charge >= 0.3 is 11.9 Å². The Kier molecular flexibility index (Phi) is 3.47. The normalized spacial score (nSPS) is 22.1. The van der Waals surface area contributed by atoms with Crippen molar-refractivity contribution < 1.29 is 24.0 Å². The Morgan fingerprint density at radius 2 is 2.26 bits per heavy atom. The quantitative estimate of drug-likeness (QED) is 0.622. The van der Waals surface area contributed by atoms with E-state index in [2.05, 4.69) is 5.32 Å². The van der Waals surface area contributed by atoms with E-state index >= 15 is 0 Å². The summed E-state index contributed by atoms with van der Waals surface area (Å²) in [4.78, 5) is 32.7. The maximum atomic E-state index is 11.8. The highest BCUT2D eigenvalue weighted by molar-refractivity contribution is 7.99. The number of carbonyl (C=O) groups is 2. The first kappa shape index (κ1) is 13.4.